The van der Waals surface area contributed by atoms with Crippen LogP contribution in [-0.2, 0) is 10.8 Å². The van der Waals surface area contributed by atoms with Crippen molar-refractivity contribution in [1.29, 1.82) is 0 Å². The Morgan fingerprint density at radius 2 is 0.855 bits per heavy atom. The van der Waals surface area contributed by atoms with E-state index in [0.717, 1.165) is 33.5 Å². The number of benzene rings is 9. The first-order valence-electron chi connectivity index (χ1n) is 24.4. The second-order valence-corrected chi connectivity index (χ2v) is 21.4. The van der Waals surface area contributed by atoms with Crippen molar-refractivity contribution in [3.63, 3.8) is 0 Å². The van der Waals surface area contributed by atoms with Crippen LogP contribution >= 0.6 is 0 Å². The van der Waals surface area contributed by atoms with E-state index in [1.54, 1.807) is 0 Å². The summed E-state index contributed by atoms with van der Waals surface area (Å²) in [5.41, 5.74) is 22.7. The molecule has 328 valence electrons. The first-order chi connectivity index (χ1) is 33.5. The lowest BCUT2D eigenvalue weighted by atomic mass is 9.34. The predicted molar refractivity (Wildman–Crippen MR) is 292 cm³/mol. The first kappa shape index (κ1) is 40.1. The van der Waals surface area contributed by atoms with Crippen molar-refractivity contribution >= 4 is 77.6 Å². The molecule has 5 heterocycles. The zero-order chi connectivity index (χ0) is 46.5. The Morgan fingerprint density at radius 3 is 1.35 bits per heavy atom. The Balaban J connectivity index is 1.18. The van der Waals surface area contributed by atoms with E-state index < -0.39 is 0 Å². The van der Waals surface area contributed by atoms with Crippen LogP contribution in [0.25, 0.3) is 111 Å². The highest BCUT2D eigenvalue weighted by Crippen LogP contribution is 2.46. The molecule has 69 heavy (non-hydrogen) atoms. The molecule has 0 radical (unpaired) electrons. The molecule has 0 unspecified atom stereocenters. The van der Waals surface area contributed by atoms with Crippen LogP contribution in [0, 0.1) is 0 Å². The quantitative estimate of drug-likeness (QED) is 0.165. The normalized spacial score (nSPS) is 13.0. The van der Waals surface area contributed by atoms with Gasteiger partial charge in [-0.1, -0.05) is 187 Å². The van der Waals surface area contributed by atoms with Gasteiger partial charge in [0.05, 0.1) is 22.2 Å². The van der Waals surface area contributed by atoms with Crippen molar-refractivity contribution in [1.82, 2.24) is 19.1 Å². The first-order valence-corrected chi connectivity index (χ1v) is 24.4. The summed E-state index contributed by atoms with van der Waals surface area (Å²) in [7, 11) is 0. The van der Waals surface area contributed by atoms with Gasteiger partial charge in [0.1, 0.15) is 0 Å². The van der Waals surface area contributed by atoms with Crippen molar-refractivity contribution in [3.8, 4) is 56.3 Å². The maximum atomic E-state index is 5.54. The molecule has 3 aromatic heterocycles. The zero-order valence-electron chi connectivity index (χ0n) is 39.8. The Morgan fingerprint density at radius 1 is 0.391 bits per heavy atom. The van der Waals surface area contributed by atoms with Crippen LogP contribution in [-0.4, -0.2) is 25.8 Å². The standard InChI is InChI=1S/C64H49BN4/c1-63(2,3)47-28-30-49-60-56(47)45-34-41(38-18-10-7-11-19-38)26-32-52(45)68(60)54-36-43(59-44-24-16-17-25-51(44)66-62(67-59)40-22-14-9-15-23-40)37-55-58(54)65(49)50-31-29-48(64(4,5)6)57-46-35-42(39-20-12-8-13-21-39)27-33-53(46)69(55)61(50)57/h7-37H,1-6H3. The van der Waals surface area contributed by atoms with Crippen molar-refractivity contribution in [2.45, 2.75) is 52.4 Å². The Hall–Kier alpha value is -8.02. The third-order valence-corrected chi connectivity index (χ3v) is 15.1. The molecule has 0 atom stereocenters. The number of hydrogen-bond acceptors (Lipinski definition) is 2. The number of nitrogens with zero attached hydrogens (tertiary/aromatic N) is 4. The average Bonchev–Trinajstić information content (AvgIpc) is 3.90. The summed E-state index contributed by atoms with van der Waals surface area (Å²) >= 11 is 0. The van der Waals surface area contributed by atoms with Crippen molar-refractivity contribution in [3.05, 3.63) is 199 Å². The highest BCUT2D eigenvalue weighted by atomic mass is 15.0. The van der Waals surface area contributed by atoms with E-state index in [1.165, 1.54) is 105 Å². The predicted octanol–water partition coefficient (Wildman–Crippen LogP) is 14.2. The lowest BCUT2D eigenvalue weighted by molar-refractivity contribution is 0.596. The minimum atomic E-state index is -0.113. The van der Waals surface area contributed by atoms with Gasteiger partial charge < -0.3 is 9.13 Å². The van der Waals surface area contributed by atoms with Gasteiger partial charge in [0.15, 0.2) is 5.82 Å². The smallest absolute Gasteiger partial charge is 0.252 e. The number of hydrogen-bond donors (Lipinski definition) is 0. The molecule has 9 aromatic carbocycles. The molecule has 5 heteroatoms. The summed E-state index contributed by atoms with van der Waals surface area (Å²) < 4.78 is 5.24. The molecule has 0 fully saturated rings. The fourth-order valence-electron chi connectivity index (χ4n) is 12.1. The number of rotatable bonds is 4. The molecule has 0 saturated heterocycles. The molecule has 14 rings (SSSR count). The third kappa shape index (κ3) is 5.77. The maximum absolute atomic E-state index is 5.54. The van der Waals surface area contributed by atoms with E-state index in [4.69, 9.17) is 9.97 Å². The van der Waals surface area contributed by atoms with Crippen LogP contribution in [0.2, 0.25) is 0 Å². The van der Waals surface area contributed by atoms with Gasteiger partial charge >= 0.3 is 0 Å². The van der Waals surface area contributed by atoms with Gasteiger partial charge in [-0.05, 0) is 103 Å². The monoisotopic (exact) mass is 884 g/mol. The molecule has 0 saturated carbocycles. The van der Waals surface area contributed by atoms with E-state index in [0.29, 0.717) is 0 Å². The van der Waals surface area contributed by atoms with Crippen LogP contribution in [0.5, 0.6) is 0 Å². The number of para-hydroxylation sites is 1. The Bertz CT molecular complexity index is 3930. The minimum absolute atomic E-state index is 0.0186. The molecule has 2 aliphatic heterocycles. The molecule has 4 nitrogen and oxygen atoms in total. The average molecular weight is 885 g/mol. The second-order valence-electron chi connectivity index (χ2n) is 21.4. The van der Waals surface area contributed by atoms with E-state index in [1.807, 2.05) is 0 Å². The summed E-state index contributed by atoms with van der Waals surface area (Å²) in [5, 5.41) is 6.27. The summed E-state index contributed by atoms with van der Waals surface area (Å²) in [5.74, 6) is 0.721. The highest BCUT2D eigenvalue weighted by molar-refractivity contribution is 7.00. The van der Waals surface area contributed by atoms with Crippen LogP contribution < -0.4 is 16.4 Å². The number of aromatic nitrogens is 4. The Labute approximate surface area is 402 Å². The van der Waals surface area contributed by atoms with Crippen LogP contribution in [0.1, 0.15) is 52.7 Å². The molecular formula is C64H49BN4. The topological polar surface area (TPSA) is 35.6 Å². The van der Waals surface area contributed by atoms with E-state index in [9.17, 15) is 0 Å². The van der Waals surface area contributed by atoms with Gasteiger partial charge in [-0.25, -0.2) is 9.97 Å². The van der Waals surface area contributed by atoms with E-state index in [-0.39, 0.29) is 17.5 Å². The molecule has 0 aliphatic carbocycles. The zero-order valence-corrected chi connectivity index (χ0v) is 39.8. The van der Waals surface area contributed by atoms with Crippen molar-refractivity contribution in [2.75, 3.05) is 0 Å². The van der Waals surface area contributed by atoms with Crippen LogP contribution in [0.3, 0.4) is 0 Å². The van der Waals surface area contributed by atoms with Gasteiger partial charge in [-0.2, -0.15) is 0 Å². The summed E-state index contributed by atoms with van der Waals surface area (Å²) in [4.78, 5) is 10.7. The minimum Gasteiger partial charge on any atom is -0.310 e. The lowest BCUT2D eigenvalue weighted by Crippen LogP contribution is -2.59. The molecule has 0 bridgehead atoms. The fraction of sp³-hybridized carbons (Fsp3) is 0.125. The number of fused-ring (bicyclic) bond motifs is 11. The molecule has 12 aromatic rings. The SMILES string of the molecule is CC(C)(C)c1ccc2c3c1c1cc(-c4ccccc4)ccc1n3-c1cc(-c3nc(-c4ccccc4)nc4ccccc34)cc3c1B2c1ccc(C(C)(C)C)c2c4cc(-c5ccccc5)ccc4n-3c12. The van der Waals surface area contributed by atoms with Gasteiger partial charge in [-0.3, -0.25) is 0 Å². The van der Waals surface area contributed by atoms with E-state index >= 15 is 0 Å². The lowest BCUT2D eigenvalue weighted by Gasteiger charge is -2.35. The van der Waals surface area contributed by atoms with Gasteiger partial charge in [-0.15, -0.1) is 0 Å². The third-order valence-electron chi connectivity index (χ3n) is 15.1. The summed E-state index contributed by atoms with van der Waals surface area (Å²) in [6.45, 7) is 14.2. The molecule has 2 aliphatic rings. The van der Waals surface area contributed by atoms with Crippen LogP contribution in [0.15, 0.2) is 188 Å². The highest BCUT2D eigenvalue weighted by Gasteiger charge is 2.43. The molecule has 0 N–H and O–H groups in total. The molecule has 0 amide bonds. The van der Waals surface area contributed by atoms with Gasteiger partial charge in [0, 0.05) is 60.5 Å². The van der Waals surface area contributed by atoms with E-state index in [2.05, 4.69) is 239 Å². The summed E-state index contributed by atoms with van der Waals surface area (Å²) in [6.07, 6.45) is 0. The van der Waals surface area contributed by atoms with Crippen LogP contribution in [0.4, 0.5) is 0 Å². The fourth-order valence-corrected chi connectivity index (χ4v) is 12.1. The van der Waals surface area contributed by atoms with Gasteiger partial charge in [0.25, 0.3) is 6.71 Å². The molecular weight excluding hydrogens is 836 g/mol. The second kappa shape index (κ2) is 14.3. The van der Waals surface area contributed by atoms with Crippen molar-refractivity contribution in [2.24, 2.45) is 0 Å². The maximum Gasteiger partial charge on any atom is 0.252 e. The summed E-state index contributed by atoms with van der Waals surface area (Å²) in [6, 6.07) is 69.7. The molecule has 0 spiro atoms. The Kier molecular flexibility index (Phi) is 8.28. The van der Waals surface area contributed by atoms with Gasteiger partial charge in [0.2, 0.25) is 0 Å². The van der Waals surface area contributed by atoms with Crippen molar-refractivity contribution < 1.29 is 0 Å². The largest absolute Gasteiger partial charge is 0.310 e.